The van der Waals surface area contributed by atoms with Gasteiger partial charge in [0.25, 0.3) is 21.8 Å². The number of carbonyl (C=O) groups is 6. The van der Waals surface area contributed by atoms with Gasteiger partial charge in [-0.25, -0.2) is 17.4 Å². The molecule has 0 aliphatic carbocycles. The van der Waals surface area contributed by atoms with Crippen molar-refractivity contribution in [2.45, 2.75) is 51.7 Å². The highest BCUT2D eigenvalue weighted by Crippen LogP contribution is 2.44. The minimum Gasteiger partial charge on any atom is -0.490 e. The number of amides is 2. The zero-order valence-electron chi connectivity index (χ0n) is 37.9. The van der Waals surface area contributed by atoms with E-state index in [2.05, 4.69) is 15.4 Å². The molecule has 5 rings (SSSR count). The van der Waals surface area contributed by atoms with E-state index in [4.69, 9.17) is 38.2 Å². The van der Waals surface area contributed by atoms with Crippen LogP contribution in [-0.4, -0.2) is 81.6 Å². The fraction of sp³-hybridized carbons (Fsp3) is 0.267. The number of thiophene rings is 1. The Balaban J connectivity index is 1.29. The van der Waals surface area contributed by atoms with E-state index >= 15 is 0 Å². The Labute approximate surface area is 403 Å². The normalized spacial score (nSPS) is 11.9. The fourth-order valence-corrected chi connectivity index (χ4v) is 10.4. The van der Waals surface area contributed by atoms with Crippen LogP contribution in [0.5, 0.6) is 40.2 Å². The molecule has 0 radical (unpaired) electrons. The van der Waals surface area contributed by atoms with Crippen LogP contribution in [0, 0.1) is 24.1 Å². The van der Waals surface area contributed by atoms with Gasteiger partial charge in [0.05, 0.1) is 18.8 Å². The first-order valence-electron chi connectivity index (χ1n) is 20.7. The molecule has 0 bridgehead atoms. The summed E-state index contributed by atoms with van der Waals surface area (Å²) < 4.78 is 93.8. The van der Waals surface area contributed by atoms with Gasteiger partial charge in [-0.15, -0.1) is 11.3 Å². The van der Waals surface area contributed by atoms with Crippen LogP contribution in [0.15, 0.2) is 70.9 Å². The van der Waals surface area contributed by atoms with Crippen molar-refractivity contribution in [2.75, 3.05) is 32.6 Å². The monoisotopic (exact) mass is 1030 g/mol. The number of carbonyl (C=O) groups excluding carboxylic acids is 6. The number of rotatable bonds is 22. The van der Waals surface area contributed by atoms with Crippen LogP contribution >= 0.6 is 18.9 Å². The summed E-state index contributed by atoms with van der Waals surface area (Å²) in [5.41, 5.74) is 0.0989. The van der Waals surface area contributed by atoms with Gasteiger partial charge in [-0.3, -0.25) is 28.8 Å². The van der Waals surface area contributed by atoms with E-state index in [0.29, 0.717) is 16.2 Å². The summed E-state index contributed by atoms with van der Waals surface area (Å²) in [5.74, 6) is -5.32. The highest BCUT2D eigenvalue weighted by molar-refractivity contribution is 7.92. The second-order valence-electron chi connectivity index (χ2n) is 14.7. The van der Waals surface area contributed by atoms with Gasteiger partial charge in [0.15, 0.2) is 34.5 Å². The van der Waals surface area contributed by atoms with Crippen molar-refractivity contribution >= 4 is 74.7 Å². The van der Waals surface area contributed by atoms with Crippen LogP contribution in [0.25, 0.3) is 10.1 Å². The van der Waals surface area contributed by atoms with Crippen LogP contribution < -0.4 is 48.3 Å². The van der Waals surface area contributed by atoms with Gasteiger partial charge in [-0.1, -0.05) is 0 Å². The summed E-state index contributed by atoms with van der Waals surface area (Å²) in [5, 5.41) is 14.8. The van der Waals surface area contributed by atoms with Crippen molar-refractivity contribution in [3.63, 3.8) is 0 Å². The maximum atomic E-state index is 14.1. The molecule has 0 fully saturated rings. The van der Waals surface area contributed by atoms with E-state index in [1.165, 1.54) is 55.5 Å². The first-order valence-corrected chi connectivity index (χ1v) is 24.7. The molecule has 370 valence electrons. The average Bonchev–Trinajstić information content (AvgIpc) is 3.61. The third-order valence-electron chi connectivity index (χ3n) is 9.12. The van der Waals surface area contributed by atoms with Gasteiger partial charge in [0.1, 0.15) is 28.1 Å². The van der Waals surface area contributed by atoms with Gasteiger partial charge < -0.3 is 48.5 Å². The lowest BCUT2D eigenvalue weighted by Crippen LogP contribution is -2.26. The molecule has 0 spiro atoms. The summed E-state index contributed by atoms with van der Waals surface area (Å²) in [4.78, 5) is 82.6. The number of nitrogens with zero attached hydrogens (tertiary/aromatic N) is 1. The molecule has 1 unspecified atom stereocenters. The maximum Gasteiger partial charge on any atom is 0.391 e. The number of fused-ring (bicyclic) bond motifs is 1. The first kappa shape index (κ1) is 53.5. The van der Waals surface area contributed by atoms with Crippen LogP contribution in [-0.2, 0) is 33.8 Å². The highest BCUT2D eigenvalue weighted by atomic mass is 32.2. The lowest BCUT2D eigenvalue weighted by Gasteiger charge is -2.15. The summed E-state index contributed by atoms with van der Waals surface area (Å²) >= 11 is 0.815. The van der Waals surface area contributed by atoms with E-state index in [9.17, 15) is 51.0 Å². The third-order valence-corrected chi connectivity index (χ3v) is 13.7. The molecule has 1 aromatic heterocycles. The molecular weight excluding hydrogens is 983 g/mol. The molecule has 1 heterocycles. The maximum absolute atomic E-state index is 14.1. The number of hydrogen-bond donors (Lipinski definition) is 4. The standard InChI is InChI=1S/C45H44FN4O17PS2/c1-25-34-21-38(61-16-6-14-48-43(55)30-9-12-36(63-26(2)51)40(18-30)65-28(4)53)39(62-17-7-15-49-44(56)31-10-13-37(64-27(3)52)41(19-31)66-29(5)54)22-42(34)69-45(25)70(59,60)50-24-68(57,58)67-33-11-8-32(23-47)35(46)20-33/h8-13,18-22,50H,6-7,14-17,24H2,1-5H3,(H,48,55)(H,49,56)(H,57,58). The Kier molecular flexibility index (Phi) is 18.2. The smallest absolute Gasteiger partial charge is 0.391 e. The largest absolute Gasteiger partial charge is 0.490 e. The second kappa shape index (κ2) is 23.7. The minimum absolute atomic E-state index is 0.000138. The summed E-state index contributed by atoms with van der Waals surface area (Å²) in [7, 11) is -9.23. The van der Waals surface area contributed by atoms with E-state index in [1.807, 2.05) is 0 Å². The number of nitriles is 1. The fourth-order valence-electron chi connectivity index (χ4n) is 6.12. The van der Waals surface area contributed by atoms with Gasteiger partial charge in [0.2, 0.25) is 0 Å². The molecular formula is C45H44FN4O17PS2. The molecule has 4 N–H and O–H groups in total. The Morgan fingerprint density at radius 3 is 1.66 bits per heavy atom. The number of ether oxygens (including phenoxy) is 6. The van der Waals surface area contributed by atoms with E-state index in [0.717, 1.165) is 51.2 Å². The number of halogens is 1. The summed E-state index contributed by atoms with van der Waals surface area (Å²) in [6.45, 7) is 6.28. The predicted molar refractivity (Wildman–Crippen MR) is 246 cm³/mol. The first-order chi connectivity index (χ1) is 33.0. The van der Waals surface area contributed by atoms with Crippen molar-refractivity contribution < 1.29 is 84.0 Å². The molecule has 2 amide bonds. The van der Waals surface area contributed by atoms with Gasteiger partial charge >= 0.3 is 31.5 Å². The van der Waals surface area contributed by atoms with Crippen LogP contribution in [0.1, 0.15) is 72.4 Å². The molecule has 5 aromatic rings. The number of esters is 4. The Hall–Kier alpha value is -7.42. The average molecular weight is 1030 g/mol. The van der Waals surface area contributed by atoms with Gasteiger partial charge in [-0.05, 0) is 79.9 Å². The number of nitrogens with one attached hydrogen (secondary N) is 3. The lowest BCUT2D eigenvalue weighted by molar-refractivity contribution is -0.134. The SMILES string of the molecule is CC(=O)Oc1ccc(C(=O)NCCCOc2cc3sc(S(=O)(=O)NCP(=O)(O)Oc4ccc(C#N)c(F)c4)c(C)c3cc2OCCCNC(=O)c2ccc(OC(C)=O)c(OC(C)=O)c2)cc1OC(C)=O. The summed E-state index contributed by atoms with van der Waals surface area (Å²) in [6, 6.07) is 15.3. The molecule has 4 aromatic carbocycles. The predicted octanol–water partition coefficient (Wildman–Crippen LogP) is 5.82. The quantitative estimate of drug-likeness (QED) is 0.0275. The van der Waals surface area contributed by atoms with E-state index in [-0.39, 0.29) is 100 Å². The third kappa shape index (κ3) is 15.0. The van der Waals surface area contributed by atoms with E-state index < -0.39 is 71.2 Å². The Morgan fingerprint density at radius 1 is 0.700 bits per heavy atom. The van der Waals surface area contributed by atoms with E-state index in [1.54, 1.807) is 6.07 Å². The topological polar surface area (TPSA) is 298 Å². The molecule has 0 aliphatic heterocycles. The molecule has 0 aliphatic rings. The van der Waals surface area contributed by atoms with Crippen molar-refractivity contribution in [2.24, 2.45) is 0 Å². The van der Waals surface area contributed by atoms with Crippen molar-refractivity contribution in [3.8, 4) is 46.3 Å². The second-order valence-corrected chi connectivity index (χ2v) is 19.5. The number of benzene rings is 4. The van der Waals surface area contributed by atoms with Crippen LogP contribution in [0.3, 0.4) is 0 Å². The van der Waals surface area contributed by atoms with Crippen LogP contribution in [0.4, 0.5) is 4.39 Å². The molecule has 1 atom stereocenters. The van der Waals surface area contributed by atoms with Crippen molar-refractivity contribution in [1.29, 1.82) is 5.26 Å². The highest BCUT2D eigenvalue weighted by Gasteiger charge is 2.29. The molecule has 25 heteroatoms. The Bertz CT molecular complexity index is 3060. The Morgan fingerprint density at radius 2 is 1.19 bits per heavy atom. The molecule has 0 saturated carbocycles. The van der Waals surface area contributed by atoms with Crippen molar-refractivity contribution in [1.82, 2.24) is 15.4 Å². The summed E-state index contributed by atoms with van der Waals surface area (Å²) in [6.07, 6.45) is -0.618. The van der Waals surface area contributed by atoms with Gasteiger partial charge in [-0.2, -0.15) is 9.98 Å². The zero-order chi connectivity index (χ0) is 51.3. The lowest BCUT2D eigenvalue weighted by atomic mass is 10.2. The molecule has 0 saturated heterocycles. The molecule has 70 heavy (non-hydrogen) atoms. The van der Waals surface area contributed by atoms with Crippen molar-refractivity contribution in [3.05, 3.63) is 94.8 Å². The minimum atomic E-state index is -4.75. The number of sulfonamides is 1. The van der Waals surface area contributed by atoms with Crippen LogP contribution in [0.2, 0.25) is 0 Å². The van der Waals surface area contributed by atoms with Gasteiger partial charge in [0, 0.05) is 74.1 Å². The number of hydrogen-bond acceptors (Lipinski definition) is 18. The number of aryl methyl sites for hydroxylation is 1. The zero-order valence-corrected chi connectivity index (χ0v) is 40.4. The molecule has 21 nitrogen and oxygen atoms in total.